The quantitative estimate of drug-likeness (QED) is 0.854. The molecular formula is C14H13Cl2NO3. The van der Waals surface area contributed by atoms with Gasteiger partial charge in [-0.25, -0.2) is 4.79 Å². The third-order valence-corrected chi connectivity index (χ3v) is 3.88. The smallest absolute Gasteiger partial charge is 0.336 e. The first kappa shape index (κ1) is 14.9. The van der Waals surface area contributed by atoms with Crippen LogP contribution in [0.4, 0.5) is 0 Å². The monoisotopic (exact) mass is 313 g/mol. The average Bonchev–Trinajstić information content (AvgIpc) is 2.37. The lowest BCUT2D eigenvalue weighted by atomic mass is 9.84. The summed E-state index contributed by atoms with van der Waals surface area (Å²) in [5, 5.41) is 3.48. The number of halogens is 2. The maximum atomic E-state index is 12.0. The normalized spacial score (nSPS) is 18.8. The number of hydrogen-bond donors (Lipinski definition) is 1. The maximum absolute atomic E-state index is 12.0. The molecule has 0 spiro atoms. The van der Waals surface area contributed by atoms with Gasteiger partial charge >= 0.3 is 5.97 Å². The van der Waals surface area contributed by atoms with E-state index < -0.39 is 11.9 Å². The van der Waals surface area contributed by atoms with Crippen molar-refractivity contribution in [3.8, 4) is 0 Å². The van der Waals surface area contributed by atoms with Crippen LogP contribution >= 0.6 is 23.2 Å². The van der Waals surface area contributed by atoms with Gasteiger partial charge in [-0.2, -0.15) is 0 Å². The van der Waals surface area contributed by atoms with Gasteiger partial charge in [-0.1, -0.05) is 29.3 Å². The molecule has 4 nitrogen and oxygen atoms in total. The number of rotatable bonds is 2. The van der Waals surface area contributed by atoms with E-state index in [-0.39, 0.29) is 12.3 Å². The second-order valence-corrected chi connectivity index (χ2v) is 5.28. The zero-order valence-corrected chi connectivity index (χ0v) is 12.5. The van der Waals surface area contributed by atoms with E-state index in [1.54, 1.807) is 25.1 Å². The molecule has 1 aliphatic heterocycles. The summed E-state index contributed by atoms with van der Waals surface area (Å²) < 4.78 is 4.79. The standard InChI is InChI=1S/C14H13Cl2NO3/c1-7-12(14(19)20-2)8(6-11(18)17-7)13-9(15)4-3-5-10(13)16/h3-5,8H,6H2,1-2H3,(H,17,18)/t8-/m1/s1. The molecule has 0 radical (unpaired) electrons. The van der Waals surface area contributed by atoms with Crippen LogP contribution in [0.5, 0.6) is 0 Å². The molecule has 1 atom stereocenters. The molecule has 0 unspecified atom stereocenters. The predicted molar refractivity (Wildman–Crippen MR) is 76.7 cm³/mol. The average molecular weight is 314 g/mol. The van der Waals surface area contributed by atoms with E-state index in [0.717, 1.165) is 0 Å². The number of nitrogens with one attached hydrogen (secondary N) is 1. The molecule has 0 saturated heterocycles. The number of ether oxygens (including phenoxy) is 1. The topological polar surface area (TPSA) is 55.4 Å². The van der Waals surface area contributed by atoms with Crippen molar-refractivity contribution >= 4 is 35.1 Å². The Hall–Kier alpha value is -1.52. The SMILES string of the molecule is COC(=O)C1=C(C)NC(=O)C[C@H]1c1c(Cl)cccc1Cl. The van der Waals surface area contributed by atoms with Crippen LogP contribution < -0.4 is 5.32 Å². The zero-order valence-electron chi connectivity index (χ0n) is 11.0. The van der Waals surface area contributed by atoms with E-state index in [0.29, 0.717) is 26.9 Å². The van der Waals surface area contributed by atoms with Crippen molar-refractivity contribution in [1.82, 2.24) is 5.32 Å². The van der Waals surface area contributed by atoms with Crippen LogP contribution in [0.1, 0.15) is 24.8 Å². The number of allylic oxidation sites excluding steroid dienone is 1. The molecule has 0 bridgehead atoms. The fraction of sp³-hybridized carbons (Fsp3) is 0.286. The Labute approximate surface area is 126 Å². The number of amides is 1. The minimum absolute atomic E-state index is 0.102. The minimum Gasteiger partial charge on any atom is -0.466 e. The summed E-state index contributed by atoms with van der Waals surface area (Å²) in [4.78, 5) is 23.7. The van der Waals surface area contributed by atoms with Gasteiger partial charge in [0, 0.05) is 28.1 Å². The van der Waals surface area contributed by atoms with Gasteiger partial charge in [0.05, 0.1) is 12.7 Å². The Kier molecular flexibility index (Phi) is 4.35. The molecule has 1 aliphatic rings. The van der Waals surface area contributed by atoms with Crippen LogP contribution in [0.3, 0.4) is 0 Å². The van der Waals surface area contributed by atoms with Crippen LogP contribution in [-0.4, -0.2) is 19.0 Å². The first-order valence-corrected chi connectivity index (χ1v) is 6.74. The number of carbonyl (C=O) groups is 2. The van der Waals surface area contributed by atoms with E-state index in [9.17, 15) is 9.59 Å². The van der Waals surface area contributed by atoms with E-state index >= 15 is 0 Å². The minimum atomic E-state index is -0.502. The molecule has 106 valence electrons. The van der Waals surface area contributed by atoms with Gasteiger partial charge in [0.2, 0.25) is 5.91 Å². The highest BCUT2D eigenvalue weighted by Crippen LogP contribution is 2.40. The molecule has 0 aromatic heterocycles. The lowest BCUT2D eigenvalue weighted by Gasteiger charge is -2.27. The molecule has 0 fully saturated rings. The Balaban J connectivity index is 2.60. The van der Waals surface area contributed by atoms with Gasteiger partial charge in [0.15, 0.2) is 0 Å². The lowest BCUT2D eigenvalue weighted by molar-refractivity contribution is -0.136. The van der Waals surface area contributed by atoms with Crippen LogP contribution in [0.15, 0.2) is 29.5 Å². The van der Waals surface area contributed by atoms with E-state index in [1.165, 1.54) is 7.11 Å². The van der Waals surface area contributed by atoms with Crippen LogP contribution in [0, 0.1) is 0 Å². The Morgan fingerprint density at radius 2 is 1.95 bits per heavy atom. The molecule has 1 aromatic carbocycles. The molecule has 1 heterocycles. The molecule has 20 heavy (non-hydrogen) atoms. The third-order valence-electron chi connectivity index (χ3n) is 3.22. The first-order valence-electron chi connectivity index (χ1n) is 5.98. The van der Waals surface area contributed by atoms with Gasteiger partial charge in [-0.15, -0.1) is 0 Å². The first-order chi connectivity index (χ1) is 9.45. The summed E-state index contributed by atoms with van der Waals surface area (Å²) in [6.45, 7) is 1.65. The van der Waals surface area contributed by atoms with Gasteiger partial charge in [0.1, 0.15) is 0 Å². The molecule has 2 rings (SSSR count). The van der Waals surface area contributed by atoms with Crippen molar-refractivity contribution in [2.75, 3.05) is 7.11 Å². The number of methoxy groups -OCH3 is 1. The molecular weight excluding hydrogens is 301 g/mol. The van der Waals surface area contributed by atoms with Crippen LogP contribution in [0.2, 0.25) is 10.0 Å². The van der Waals surface area contributed by atoms with Crippen molar-refractivity contribution < 1.29 is 14.3 Å². The van der Waals surface area contributed by atoms with Crippen molar-refractivity contribution in [3.05, 3.63) is 45.1 Å². The van der Waals surface area contributed by atoms with E-state index in [1.807, 2.05) is 0 Å². The highest BCUT2D eigenvalue weighted by molar-refractivity contribution is 6.36. The van der Waals surface area contributed by atoms with Gasteiger partial charge in [0.25, 0.3) is 0 Å². The van der Waals surface area contributed by atoms with Crippen molar-refractivity contribution in [2.45, 2.75) is 19.3 Å². The van der Waals surface area contributed by atoms with Crippen LogP contribution in [0.25, 0.3) is 0 Å². The fourth-order valence-corrected chi connectivity index (χ4v) is 3.03. The predicted octanol–water partition coefficient (Wildman–Crippen LogP) is 3.04. The summed E-state index contributed by atoms with van der Waals surface area (Å²) in [6, 6.07) is 5.07. The number of carbonyl (C=O) groups excluding carboxylic acids is 2. The summed E-state index contributed by atoms with van der Waals surface area (Å²) in [5.74, 6) is -1.18. The van der Waals surface area contributed by atoms with Crippen LogP contribution in [-0.2, 0) is 14.3 Å². The molecule has 0 aliphatic carbocycles. The molecule has 1 amide bonds. The fourth-order valence-electron chi connectivity index (χ4n) is 2.37. The highest BCUT2D eigenvalue weighted by atomic mass is 35.5. The second-order valence-electron chi connectivity index (χ2n) is 4.47. The second kappa shape index (κ2) is 5.85. The van der Waals surface area contributed by atoms with Crippen molar-refractivity contribution in [2.24, 2.45) is 0 Å². The van der Waals surface area contributed by atoms with E-state index in [2.05, 4.69) is 5.32 Å². The molecule has 6 heteroatoms. The summed E-state index contributed by atoms with van der Waals surface area (Å²) in [5.41, 5.74) is 1.42. The summed E-state index contributed by atoms with van der Waals surface area (Å²) >= 11 is 12.4. The van der Waals surface area contributed by atoms with Crippen molar-refractivity contribution in [1.29, 1.82) is 0 Å². The Morgan fingerprint density at radius 1 is 1.35 bits per heavy atom. The highest BCUT2D eigenvalue weighted by Gasteiger charge is 2.34. The summed E-state index contributed by atoms with van der Waals surface area (Å²) in [6.07, 6.45) is 0.102. The van der Waals surface area contributed by atoms with Gasteiger partial charge in [-0.05, 0) is 24.6 Å². The van der Waals surface area contributed by atoms with Gasteiger partial charge < -0.3 is 10.1 Å². The Morgan fingerprint density at radius 3 is 2.50 bits per heavy atom. The third kappa shape index (κ3) is 2.67. The largest absolute Gasteiger partial charge is 0.466 e. The zero-order chi connectivity index (χ0) is 14.9. The number of benzene rings is 1. The van der Waals surface area contributed by atoms with E-state index in [4.69, 9.17) is 27.9 Å². The molecule has 0 saturated carbocycles. The molecule has 1 aromatic rings. The number of esters is 1. The summed E-state index contributed by atoms with van der Waals surface area (Å²) in [7, 11) is 1.30. The van der Waals surface area contributed by atoms with Gasteiger partial charge in [-0.3, -0.25) is 4.79 Å². The lowest BCUT2D eigenvalue weighted by Crippen LogP contribution is -2.34. The van der Waals surface area contributed by atoms with Crippen molar-refractivity contribution in [3.63, 3.8) is 0 Å². The number of hydrogen-bond acceptors (Lipinski definition) is 3. The Bertz CT molecular complexity index is 590. The molecule has 1 N–H and O–H groups in total. The maximum Gasteiger partial charge on any atom is 0.336 e.